The Kier molecular flexibility index (Phi) is 4.09. The van der Waals surface area contributed by atoms with Crippen molar-refractivity contribution in [1.29, 1.82) is 0 Å². The van der Waals surface area contributed by atoms with Crippen LogP contribution in [0.3, 0.4) is 0 Å². The Labute approximate surface area is 113 Å². The first-order valence-corrected chi connectivity index (χ1v) is 6.66. The Morgan fingerprint density at radius 1 is 1.63 bits per heavy atom. The van der Waals surface area contributed by atoms with E-state index in [1.165, 1.54) is 12.8 Å². The van der Waals surface area contributed by atoms with Crippen LogP contribution in [-0.4, -0.2) is 47.3 Å². The Hall–Kier alpha value is -1.56. The number of aromatic amines is 1. The van der Waals surface area contributed by atoms with Crippen molar-refractivity contribution in [2.45, 2.75) is 32.7 Å². The fourth-order valence-corrected chi connectivity index (χ4v) is 2.37. The van der Waals surface area contributed by atoms with Crippen molar-refractivity contribution in [2.75, 3.05) is 26.0 Å². The normalized spacial score (nSPS) is 16.4. The lowest BCUT2D eigenvalue weighted by Crippen LogP contribution is -2.42. The summed E-state index contributed by atoms with van der Waals surface area (Å²) in [5, 5.41) is 6.65. The maximum atomic E-state index is 12.7. The third kappa shape index (κ3) is 2.89. The molecule has 6 nitrogen and oxygen atoms in total. The van der Waals surface area contributed by atoms with E-state index in [2.05, 4.69) is 17.1 Å². The highest BCUT2D eigenvalue weighted by Crippen LogP contribution is 2.35. The molecule has 3 N–H and O–H groups in total. The largest absolute Gasteiger partial charge is 0.383 e. The van der Waals surface area contributed by atoms with Crippen LogP contribution >= 0.6 is 0 Å². The van der Waals surface area contributed by atoms with Crippen molar-refractivity contribution in [3.05, 3.63) is 11.3 Å². The van der Waals surface area contributed by atoms with Crippen LogP contribution in [0.15, 0.2) is 0 Å². The lowest BCUT2D eigenvalue weighted by molar-refractivity contribution is 0.0595. The van der Waals surface area contributed by atoms with Gasteiger partial charge in [0.15, 0.2) is 5.82 Å². The predicted octanol–water partition coefficient (Wildman–Crippen LogP) is 1.19. The highest BCUT2D eigenvalue weighted by Gasteiger charge is 2.35. The van der Waals surface area contributed by atoms with Crippen LogP contribution in [0.1, 0.15) is 35.8 Å². The van der Waals surface area contributed by atoms with E-state index in [1.807, 2.05) is 11.8 Å². The summed E-state index contributed by atoms with van der Waals surface area (Å²) in [6, 6.07) is 0.219. The number of methoxy groups -OCH3 is 1. The summed E-state index contributed by atoms with van der Waals surface area (Å²) in [4.78, 5) is 14.5. The average Bonchev–Trinajstić information content (AvgIpc) is 3.16. The standard InChI is InChI=1S/C13H22N4O2/c1-8-11(12(14)16-15-8)13(18)17(6-7-19-3)9(2)10-4-5-10/h9-10H,4-7H2,1-3H3,(H3,14,15,16). The number of anilines is 1. The first kappa shape index (κ1) is 13.9. The summed E-state index contributed by atoms with van der Waals surface area (Å²) in [6.45, 7) is 5.01. The fourth-order valence-electron chi connectivity index (χ4n) is 2.37. The Bertz CT molecular complexity index is 434. The molecule has 2 rings (SSSR count). The third-order valence-electron chi connectivity index (χ3n) is 3.78. The molecule has 1 amide bonds. The van der Waals surface area contributed by atoms with E-state index in [9.17, 15) is 4.79 Å². The predicted molar refractivity (Wildman–Crippen MR) is 72.8 cm³/mol. The number of nitrogens with zero attached hydrogens (tertiary/aromatic N) is 2. The Morgan fingerprint density at radius 2 is 2.32 bits per heavy atom. The second-order valence-corrected chi connectivity index (χ2v) is 5.18. The number of nitrogens with one attached hydrogen (secondary N) is 1. The van der Waals surface area contributed by atoms with Gasteiger partial charge < -0.3 is 15.4 Å². The van der Waals surface area contributed by atoms with Crippen molar-refractivity contribution in [2.24, 2.45) is 5.92 Å². The molecule has 0 saturated heterocycles. The van der Waals surface area contributed by atoms with Gasteiger partial charge in [0.1, 0.15) is 5.56 Å². The average molecular weight is 266 g/mol. The van der Waals surface area contributed by atoms with Gasteiger partial charge in [-0.3, -0.25) is 9.89 Å². The summed E-state index contributed by atoms with van der Waals surface area (Å²) in [5.74, 6) is 0.822. The molecule has 1 aromatic heterocycles. The highest BCUT2D eigenvalue weighted by molar-refractivity contribution is 5.99. The molecule has 0 bridgehead atoms. The molecule has 1 heterocycles. The van der Waals surface area contributed by atoms with Gasteiger partial charge in [-0.25, -0.2) is 0 Å². The van der Waals surface area contributed by atoms with Gasteiger partial charge in [0.2, 0.25) is 0 Å². The lowest BCUT2D eigenvalue weighted by atomic mass is 10.1. The zero-order valence-corrected chi connectivity index (χ0v) is 11.8. The number of amides is 1. The number of hydrogen-bond acceptors (Lipinski definition) is 4. The van der Waals surface area contributed by atoms with Crippen molar-refractivity contribution in [1.82, 2.24) is 15.1 Å². The second kappa shape index (κ2) is 5.61. The van der Waals surface area contributed by atoms with Crippen LogP contribution < -0.4 is 5.73 Å². The van der Waals surface area contributed by atoms with E-state index in [1.54, 1.807) is 7.11 Å². The van der Waals surface area contributed by atoms with Gasteiger partial charge in [-0.1, -0.05) is 0 Å². The number of nitrogens with two attached hydrogens (primary N) is 1. The molecule has 0 radical (unpaired) electrons. The van der Waals surface area contributed by atoms with Crippen molar-refractivity contribution in [3.63, 3.8) is 0 Å². The van der Waals surface area contributed by atoms with Crippen LogP contribution in [0.4, 0.5) is 5.82 Å². The van der Waals surface area contributed by atoms with E-state index in [0.29, 0.717) is 30.3 Å². The van der Waals surface area contributed by atoms with Gasteiger partial charge in [-0.05, 0) is 32.6 Å². The molecule has 0 aliphatic heterocycles. The molecule has 0 aromatic carbocycles. The number of hydrogen-bond donors (Lipinski definition) is 2. The van der Waals surface area contributed by atoms with Crippen LogP contribution in [-0.2, 0) is 4.74 Å². The molecule has 1 fully saturated rings. The minimum atomic E-state index is -0.0554. The minimum Gasteiger partial charge on any atom is -0.383 e. The van der Waals surface area contributed by atoms with Gasteiger partial charge in [-0.15, -0.1) is 0 Å². The maximum absolute atomic E-state index is 12.7. The smallest absolute Gasteiger partial charge is 0.259 e. The third-order valence-corrected chi connectivity index (χ3v) is 3.78. The molecule has 1 atom stereocenters. The lowest BCUT2D eigenvalue weighted by Gasteiger charge is -2.29. The van der Waals surface area contributed by atoms with Crippen LogP contribution in [0, 0.1) is 12.8 Å². The number of nitrogen functional groups attached to an aromatic ring is 1. The zero-order chi connectivity index (χ0) is 14.0. The van der Waals surface area contributed by atoms with E-state index in [0.717, 1.165) is 0 Å². The summed E-state index contributed by atoms with van der Waals surface area (Å²) in [7, 11) is 1.64. The Morgan fingerprint density at radius 3 is 2.79 bits per heavy atom. The van der Waals surface area contributed by atoms with Gasteiger partial charge in [0.05, 0.1) is 6.61 Å². The minimum absolute atomic E-state index is 0.0554. The second-order valence-electron chi connectivity index (χ2n) is 5.18. The molecule has 6 heteroatoms. The Balaban J connectivity index is 2.19. The topological polar surface area (TPSA) is 84.2 Å². The van der Waals surface area contributed by atoms with E-state index >= 15 is 0 Å². The van der Waals surface area contributed by atoms with E-state index in [4.69, 9.17) is 10.5 Å². The number of aryl methyl sites for hydroxylation is 1. The molecule has 0 spiro atoms. The summed E-state index contributed by atoms with van der Waals surface area (Å²) in [6.07, 6.45) is 2.38. The van der Waals surface area contributed by atoms with Crippen molar-refractivity contribution in [3.8, 4) is 0 Å². The molecule has 1 unspecified atom stereocenters. The molecular formula is C13H22N4O2. The van der Waals surface area contributed by atoms with Gasteiger partial charge in [0, 0.05) is 25.4 Å². The van der Waals surface area contributed by atoms with E-state index < -0.39 is 0 Å². The first-order chi connectivity index (χ1) is 9.06. The zero-order valence-electron chi connectivity index (χ0n) is 11.8. The molecule has 106 valence electrons. The van der Waals surface area contributed by atoms with Gasteiger partial charge in [-0.2, -0.15) is 5.10 Å². The van der Waals surface area contributed by atoms with E-state index in [-0.39, 0.29) is 17.8 Å². The number of ether oxygens (including phenoxy) is 1. The molecule has 1 aliphatic rings. The molecular weight excluding hydrogens is 244 g/mol. The maximum Gasteiger partial charge on any atom is 0.259 e. The number of carbonyl (C=O) groups excluding carboxylic acids is 1. The van der Waals surface area contributed by atoms with Crippen molar-refractivity contribution < 1.29 is 9.53 Å². The van der Waals surface area contributed by atoms with Crippen LogP contribution in [0.5, 0.6) is 0 Å². The number of carbonyl (C=O) groups is 1. The highest BCUT2D eigenvalue weighted by atomic mass is 16.5. The number of aromatic nitrogens is 2. The first-order valence-electron chi connectivity index (χ1n) is 6.66. The summed E-state index contributed by atoms with van der Waals surface area (Å²) in [5.41, 5.74) is 6.98. The SMILES string of the molecule is COCCN(C(=O)c1c(N)n[nH]c1C)C(C)C1CC1. The summed E-state index contributed by atoms with van der Waals surface area (Å²) < 4.78 is 5.10. The van der Waals surface area contributed by atoms with Gasteiger partial charge >= 0.3 is 0 Å². The monoisotopic (exact) mass is 266 g/mol. The van der Waals surface area contributed by atoms with Crippen molar-refractivity contribution >= 4 is 11.7 Å². The molecule has 1 aromatic rings. The van der Waals surface area contributed by atoms with Gasteiger partial charge in [0.25, 0.3) is 5.91 Å². The van der Waals surface area contributed by atoms with Crippen LogP contribution in [0.25, 0.3) is 0 Å². The fraction of sp³-hybridized carbons (Fsp3) is 0.692. The van der Waals surface area contributed by atoms with Crippen LogP contribution in [0.2, 0.25) is 0 Å². The summed E-state index contributed by atoms with van der Waals surface area (Å²) >= 11 is 0. The molecule has 1 saturated carbocycles. The molecule has 1 aliphatic carbocycles. The number of H-pyrrole nitrogens is 1. The number of rotatable bonds is 6. The molecule has 19 heavy (non-hydrogen) atoms. The quantitative estimate of drug-likeness (QED) is 0.810.